The molecule has 46 heavy (non-hydrogen) atoms. The fourth-order valence-corrected chi connectivity index (χ4v) is 6.53. The monoisotopic (exact) mass is 623 g/mol. The van der Waals surface area contributed by atoms with Crippen molar-refractivity contribution in [1.82, 2.24) is 19.6 Å². The number of hydrogen-bond donors (Lipinski definition) is 3. The predicted octanol–water partition coefficient (Wildman–Crippen LogP) is 5.32. The summed E-state index contributed by atoms with van der Waals surface area (Å²) in [5, 5.41) is 28.4. The van der Waals surface area contributed by atoms with Crippen LogP contribution in [0.2, 0.25) is 0 Å². The number of methoxy groups -OCH3 is 1. The summed E-state index contributed by atoms with van der Waals surface area (Å²) < 4.78 is 26.7. The van der Waals surface area contributed by atoms with Crippen molar-refractivity contribution in [3.05, 3.63) is 95.9 Å². The molecule has 0 spiro atoms. The summed E-state index contributed by atoms with van der Waals surface area (Å²) >= 11 is 0. The molecular weight excluding hydrogens is 589 g/mol. The molecule has 0 saturated carbocycles. The Kier molecular flexibility index (Phi) is 7.67. The first-order chi connectivity index (χ1) is 22.2. The number of anilines is 1. The number of rotatable bonds is 7. The van der Waals surface area contributed by atoms with Gasteiger partial charge in [0.1, 0.15) is 34.5 Å². The van der Waals surface area contributed by atoms with Crippen LogP contribution in [0.4, 0.5) is 10.2 Å². The summed E-state index contributed by atoms with van der Waals surface area (Å²) in [4.78, 5) is 20.5. The molecule has 3 N–H and O–H groups in total. The van der Waals surface area contributed by atoms with Crippen LogP contribution in [0.5, 0.6) is 5.75 Å². The van der Waals surface area contributed by atoms with Crippen molar-refractivity contribution in [3.63, 3.8) is 0 Å². The van der Waals surface area contributed by atoms with E-state index in [9.17, 15) is 19.4 Å². The van der Waals surface area contributed by atoms with Gasteiger partial charge in [-0.3, -0.25) is 9.69 Å². The smallest absolute Gasteiger partial charge is 0.273 e. The van der Waals surface area contributed by atoms with E-state index in [1.807, 2.05) is 54.8 Å². The predicted molar refractivity (Wildman–Crippen MR) is 170 cm³/mol. The van der Waals surface area contributed by atoms with Gasteiger partial charge in [-0.15, -0.1) is 0 Å². The summed E-state index contributed by atoms with van der Waals surface area (Å²) in [6.07, 6.45) is -0.152. The van der Waals surface area contributed by atoms with Crippen LogP contribution in [0.3, 0.4) is 0 Å². The van der Waals surface area contributed by atoms with Crippen LogP contribution in [0.15, 0.2) is 77.4 Å². The van der Waals surface area contributed by atoms with Crippen molar-refractivity contribution in [2.45, 2.75) is 51.1 Å². The number of benzene rings is 2. The highest BCUT2D eigenvalue weighted by atomic mass is 19.1. The van der Waals surface area contributed by atoms with Crippen molar-refractivity contribution in [3.8, 4) is 39.3 Å². The molecule has 0 bridgehead atoms. The lowest BCUT2D eigenvalue weighted by molar-refractivity contribution is 0.0298. The maximum absolute atomic E-state index is 14.0. The molecule has 3 atom stereocenters. The van der Waals surface area contributed by atoms with Crippen LogP contribution in [0.25, 0.3) is 33.5 Å². The maximum Gasteiger partial charge on any atom is 0.273 e. The van der Waals surface area contributed by atoms with Gasteiger partial charge in [0.05, 0.1) is 30.9 Å². The van der Waals surface area contributed by atoms with Gasteiger partial charge in [0.2, 0.25) is 0 Å². The lowest BCUT2D eigenvalue weighted by Gasteiger charge is -2.33. The number of nitrogens with one attached hydrogen (secondary N) is 1. The zero-order valence-electron chi connectivity index (χ0n) is 25.6. The molecule has 0 aliphatic carbocycles. The van der Waals surface area contributed by atoms with Gasteiger partial charge in [-0.05, 0) is 65.7 Å². The molecule has 3 aromatic heterocycles. The third-order valence-electron chi connectivity index (χ3n) is 8.89. The number of aliphatic hydroxyl groups is 2. The van der Waals surface area contributed by atoms with Crippen molar-refractivity contribution >= 4 is 11.7 Å². The van der Waals surface area contributed by atoms with E-state index in [0.717, 1.165) is 33.7 Å². The minimum atomic E-state index is -0.914. The maximum atomic E-state index is 14.0. The summed E-state index contributed by atoms with van der Waals surface area (Å²) in [7, 11) is 1.61. The number of nitrogens with zero attached hydrogens (tertiary/aromatic N) is 4. The molecule has 5 heterocycles. The van der Waals surface area contributed by atoms with Crippen molar-refractivity contribution < 1.29 is 28.7 Å². The molecule has 1 amide bonds. The number of hydrogen-bond acceptors (Lipinski definition) is 8. The Morgan fingerprint density at radius 3 is 2.48 bits per heavy atom. The number of carbonyl (C=O) groups excluding carboxylic acids is 1. The minimum absolute atomic E-state index is 0.00976. The Hall–Kier alpha value is -4.84. The van der Waals surface area contributed by atoms with Crippen molar-refractivity contribution in [2.24, 2.45) is 0 Å². The van der Waals surface area contributed by atoms with Crippen LogP contribution in [0.1, 0.15) is 41.7 Å². The highest BCUT2D eigenvalue weighted by molar-refractivity contribution is 6.04. The number of fused-ring (bicyclic) bond motifs is 2. The van der Waals surface area contributed by atoms with Gasteiger partial charge in [-0.2, -0.15) is 0 Å². The number of carbonyl (C=O) groups is 1. The Morgan fingerprint density at radius 1 is 1.02 bits per heavy atom. The molecule has 11 heteroatoms. The molecule has 0 unspecified atom stereocenters. The second-order valence-electron chi connectivity index (χ2n) is 12.1. The summed E-state index contributed by atoms with van der Waals surface area (Å²) in [5.41, 5.74) is 5.90. The third-order valence-corrected chi connectivity index (χ3v) is 8.89. The van der Waals surface area contributed by atoms with Gasteiger partial charge in [0.25, 0.3) is 5.91 Å². The Morgan fingerprint density at radius 2 is 1.76 bits per heavy atom. The van der Waals surface area contributed by atoms with Gasteiger partial charge in [0.15, 0.2) is 0 Å². The molecule has 0 radical (unpaired) electrons. The lowest BCUT2D eigenvalue weighted by atomic mass is 9.95. The van der Waals surface area contributed by atoms with E-state index < -0.39 is 12.2 Å². The second-order valence-corrected chi connectivity index (χ2v) is 12.1. The van der Waals surface area contributed by atoms with E-state index in [1.165, 1.54) is 12.1 Å². The third kappa shape index (κ3) is 5.26. The van der Waals surface area contributed by atoms with Crippen LogP contribution in [-0.4, -0.2) is 67.6 Å². The molecule has 236 valence electrons. The minimum Gasteiger partial charge on any atom is -0.497 e. The van der Waals surface area contributed by atoms with Crippen LogP contribution < -0.4 is 10.1 Å². The average molecular weight is 624 g/mol. The first kappa shape index (κ1) is 29.8. The van der Waals surface area contributed by atoms with E-state index in [1.54, 1.807) is 31.5 Å². The molecule has 1 fully saturated rings. The van der Waals surface area contributed by atoms with E-state index >= 15 is 0 Å². The molecule has 2 aromatic carbocycles. The summed E-state index contributed by atoms with van der Waals surface area (Å²) in [6.45, 7) is 5.18. The highest BCUT2D eigenvalue weighted by Gasteiger charge is 2.44. The SMILES string of the molecule is COc1ccc(-c2cc(C(=O)Nc3cc(-c4c(-c5ccc(F)cc5)noc4C(C)C)ccn3)n3c2CN2C[C@@H](O)[C@@H](O)[C@@H]2C3)cc1. The molecule has 10 nitrogen and oxygen atoms in total. The molecule has 7 rings (SSSR count). The molecular formula is C35H34FN5O5. The average Bonchev–Trinajstić information content (AvgIpc) is 3.74. The summed E-state index contributed by atoms with van der Waals surface area (Å²) in [6, 6.07) is 18.9. The van der Waals surface area contributed by atoms with E-state index in [2.05, 4.69) is 20.4 Å². The van der Waals surface area contributed by atoms with Gasteiger partial charge >= 0.3 is 0 Å². The molecule has 1 saturated heterocycles. The first-order valence-corrected chi connectivity index (χ1v) is 15.2. The largest absolute Gasteiger partial charge is 0.497 e. The zero-order chi connectivity index (χ0) is 32.1. The Bertz CT molecular complexity index is 1900. The van der Waals surface area contributed by atoms with Crippen molar-refractivity contribution in [2.75, 3.05) is 19.0 Å². The zero-order valence-corrected chi connectivity index (χ0v) is 25.6. The van der Waals surface area contributed by atoms with E-state index in [0.29, 0.717) is 48.2 Å². The number of aliphatic hydroxyl groups excluding tert-OH is 2. The molecule has 2 aliphatic rings. The van der Waals surface area contributed by atoms with Crippen LogP contribution >= 0.6 is 0 Å². The van der Waals surface area contributed by atoms with Gasteiger partial charge < -0.3 is 29.4 Å². The van der Waals surface area contributed by atoms with Gasteiger partial charge in [0, 0.05) is 48.6 Å². The van der Waals surface area contributed by atoms with Crippen LogP contribution in [-0.2, 0) is 13.1 Å². The van der Waals surface area contributed by atoms with Crippen molar-refractivity contribution in [1.29, 1.82) is 0 Å². The fraction of sp³-hybridized carbons (Fsp3) is 0.286. The second kappa shape index (κ2) is 11.8. The topological polar surface area (TPSA) is 126 Å². The lowest BCUT2D eigenvalue weighted by Crippen LogP contribution is -2.44. The van der Waals surface area contributed by atoms with Crippen LogP contribution in [0, 0.1) is 5.82 Å². The first-order valence-electron chi connectivity index (χ1n) is 15.2. The van der Waals surface area contributed by atoms with E-state index in [-0.39, 0.29) is 23.7 Å². The normalized spacial score (nSPS) is 19.2. The highest BCUT2D eigenvalue weighted by Crippen LogP contribution is 2.39. The van der Waals surface area contributed by atoms with Gasteiger partial charge in [-0.1, -0.05) is 31.1 Å². The standard InChI is InChI=1S/C35H34FN5O5/c1-19(2)34-31(32(39-46-34)21-4-8-23(36)9-5-21)22-12-13-37-30(14-22)38-35(44)26-15-25(20-6-10-24(45-3)11-7-20)27-16-40-18-29(42)33(43)28(40)17-41(26)27/h4-15,19,28-29,33,42-43H,16-18H2,1-3H3,(H,37,38,44)/t28-,29+,33-/m0/s1. The molecule has 5 aromatic rings. The number of pyridine rings is 1. The summed E-state index contributed by atoms with van der Waals surface area (Å²) in [5.74, 6) is 1.02. The number of ether oxygens (including phenoxy) is 1. The number of aromatic nitrogens is 3. The Balaban J connectivity index is 1.25. The molecule has 2 aliphatic heterocycles. The number of amides is 1. The Labute approximate surface area is 265 Å². The quantitative estimate of drug-likeness (QED) is 0.223. The van der Waals surface area contributed by atoms with Gasteiger partial charge in [-0.25, -0.2) is 9.37 Å². The fourth-order valence-electron chi connectivity index (χ4n) is 6.53. The number of halogens is 1. The van der Waals surface area contributed by atoms with E-state index in [4.69, 9.17) is 9.26 Å².